The lowest BCUT2D eigenvalue weighted by atomic mass is 9.93. The molecule has 3 N–H and O–H groups in total. The summed E-state index contributed by atoms with van der Waals surface area (Å²) < 4.78 is 0. The molecule has 2 aromatic rings. The molecule has 4 heteroatoms. The van der Waals surface area contributed by atoms with Crippen molar-refractivity contribution in [3.63, 3.8) is 0 Å². The van der Waals surface area contributed by atoms with Crippen LogP contribution in [0.2, 0.25) is 0 Å². The Morgan fingerprint density at radius 2 is 2.20 bits per heavy atom. The molecule has 3 nitrogen and oxygen atoms in total. The highest BCUT2D eigenvalue weighted by Crippen LogP contribution is 2.36. The number of hydrogen-bond acceptors (Lipinski definition) is 3. The van der Waals surface area contributed by atoms with Crippen LogP contribution in [0.1, 0.15) is 34.9 Å². The second-order valence-electron chi connectivity index (χ2n) is 5.19. The number of carbonyl (C=O) groups excluding carboxylic acids is 1. The smallest absolute Gasteiger partial charge is 0.221 e. The summed E-state index contributed by atoms with van der Waals surface area (Å²) in [6.07, 6.45) is 3.82. The molecule has 0 saturated carbocycles. The van der Waals surface area contributed by atoms with Gasteiger partial charge in [0.05, 0.1) is 12.5 Å². The number of fused-ring (bicyclic) bond motifs is 1. The average Bonchev–Trinajstić information content (AvgIpc) is 2.90. The van der Waals surface area contributed by atoms with E-state index in [4.69, 9.17) is 5.73 Å². The minimum Gasteiger partial charge on any atom is -0.378 e. The molecule has 0 radical (unpaired) electrons. The van der Waals surface area contributed by atoms with Crippen molar-refractivity contribution in [3.05, 3.63) is 51.7 Å². The van der Waals surface area contributed by atoms with Gasteiger partial charge in [0.25, 0.3) is 0 Å². The van der Waals surface area contributed by atoms with Crippen LogP contribution < -0.4 is 11.1 Å². The molecule has 1 atom stereocenters. The van der Waals surface area contributed by atoms with E-state index in [0.717, 1.165) is 17.7 Å². The number of para-hydroxylation sites is 1. The molecule has 0 saturated heterocycles. The molecular formula is C16H18N2OS. The summed E-state index contributed by atoms with van der Waals surface area (Å²) in [5.74, 6) is -0.292. The fraction of sp³-hybridized carbons (Fsp3) is 0.312. The van der Waals surface area contributed by atoms with Gasteiger partial charge in [-0.15, -0.1) is 11.3 Å². The first-order chi connectivity index (χ1) is 9.74. The molecule has 0 bridgehead atoms. The zero-order chi connectivity index (χ0) is 13.9. The molecule has 104 valence electrons. The zero-order valence-electron chi connectivity index (χ0n) is 11.3. The Kier molecular flexibility index (Phi) is 3.74. The average molecular weight is 286 g/mol. The topological polar surface area (TPSA) is 55.1 Å². The molecule has 0 spiro atoms. The third-order valence-electron chi connectivity index (χ3n) is 3.76. The Balaban J connectivity index is 1.84. The molecule has 1 unspecified atom stereocenters. The van der Waals surface area contributed by atoms with E-state index in [2.05, 4.69) is 16.8 Å². The highest BCUT2D eigenvalue weighted by Gasteiger charge is 2.21. The minimum absolute atomic E-state index is 0.284. The van der Waals surface area contributed by atoms with Gasteiger partial charge in [-0.2, -0.15) is 0 Å². The van der Waals surface area contributed by atoms with Crippen molar-refractivity contribution < 1.29 is 4.79 Å². The van der Waals surface area contributed by atoms with Gasteiger partial charge in [0, 0.05) is 10.6 Å². The van der Waals surface area contributed by atoms with E-state index >= 15 is 0 Å². The molecule has 3 rings (SSSR count). The minimum atomic E-state index is -0.292. The van der Waals surface area contributed by atoms with Crippen LogP contribution in [0.3, 0.4) is 0 Å². The molecule has 1 aliphatic carbocycles. The molecule has 1 heterocycles. The van der Waals surface area contributed by atoms with Crippen LogP contribution in [0, 0.1) is 0 Å². The summed E-state index contributed by atoms with van der Waals surface area (Å²) in [5.41, 5.74) is 8.73. The Bertz CT molecular complexity index is 620. The van der Waals surface area contributed by atoms with Crippen molar-refractivity contribution in [1.29, 1.82) is 0 Å². The van der Waals surface area contributed by atoms with Crippen LogP contribution in [0.15, 0.2) is 35.7 Å². The predicted molar refractivity (Wildman–Crippen MR) is 83.0 cm³/mol. The molecule has 0 aliphatic heterocycles. The van der Waals surface area contributed by atoms with Crippen LogP contribution in [0.5, 0.6) is 0 Å². The van der Waals surface area contributed by atoms with Gasteiger partial charge in [0.15, 0.2) is 0 Å². The Labute approximate surface area is 122 Å². The van der Waals surface area contributed by atoms with Gasteiger partial charge in [-0.3, -0.25) is 4.79 Å². The Morgan fingerprint density at radius 3 is 3.05 bits per heavy atom. The highest BCUT2D eigenvalue weighted by atomic mass is 32.1. The van der Waals surface area contributed by atoms with Crippen molar-refractivity contribution >= 4 is 22.9 Å². The SMILES string of the molecule is NC(=O)Cc1ccccc1NC1CCCc2sccc21. The lowest BCUT2D eigenvalue weighted by Crippen LogP contribution is -2.18. The summed E-state index contributed by atoms with van der Waals surface area (Å²) in [6.45, 7) is 0. The van der Waals surface area contributed by atoms with E-state index in [0.29, 0.717) is 6.04 Å². The number of carbonyl (C=O) groups is 1. The third kappa shape index (κ3) is 2.70. The van der Waals surface area contributed by atoms with Crippen LogP contribution >= 0.6 is 11.3 Å². The number of nitrogens with one attached hydrogen (secondary N) is 1. The molecule has 20 heavy (non-hydrogen) atoms. The molecular weight excluding hydrogens is 268 g/mol. The van der Waals surface area contributed by atoms with E-state index < -0.39 is 0 Å². The number of hydrogen-bond donors (Lipinski definition) is 2. The van der Waals surface area contributed by atoms with Crippen LogP contribution in [-0.2, 0) is 17.6 Å². The number of amides is 1. The molecule has 1 aliphatic rings. The van der Waals surface area contributed by atoms with Crippen molar-refractivity contribution in [2.24, 2.45) is 5.73 Å². The molecule has 1 amide bonds. The van der Waals surface area contributed by atoms with Crippen LogP contribution in [-0.4, -0.2) is 5.91 Å². The number of anilines is 1. The van der Waals surface area contributed by atoms with Crippen molar-refractivity contribution in [1.82, 2.24) is 0 Å². The summed E-state index contributed by atoms with van der Waals surface area (Å²) in [7, 11) is 0. The second kappa shape index (κ2) is 5.67. The number of aryl methyl sites for hydroxylation is 1. The lowest BCUT2D eigenvalue weighted by Gasteiger charge is -2.25. The van der Waals surface area contributed by atoms with E-state index in [1.807, 2.05) is 35.6 Å². The van der Waals surface area contributed by atoms with Crippen molar-refractivity contribution in [2.45, 2.75) is 31.7 Å². The first kappa shape index (κ1) is 13.2. The summed E-state index contributed by atoms with van der Waals surface area (Å²) in [6, 6.07) is 10.5. The summed E-state index contributed by atoms with van der Waals surface area (Å²) >= 11 is 1.84. The van der Waals surface area contributed by atoms with Gasteiger partial charge in [-0.25, -0.2) is 0 Å². The van der Waals surface area contributed by atoms with Crippen LogP contribution in [0.25, 0.3) is 0 Å². The van der Waals surface area contributed by atoms with Gasteiger partial charge >= 0.3 is 0 Å². The number of thiophene rings is 1. The number of primary amides is 1. The highest BCUT2D eigenvalue weighted by molar-refractivity contribution is 7.10. The van der Waals surface area contributed by atoms with E-state index in [-0.39, 0.29) is 12.3 Å². The largest absolute Gasteiger partial charge is 0.378 e. The van der Waals surface area contributed by atoms with E-state index in [9.17, 15) is 4.79 Å². The van der Waals surface area contributed by atoms with Gasteiger partial charge in [0.2, 0.25) is 5.91 Å². The second-order valence-corrected chi connectivity index (χ2v) is 6.19. The van der Waals surface area contributed by atoms with Crippen molar-refractivity contribution in [2.75, 3.05) is 5.32 Å². The zero-order valence-corrected chi connectivity index (χ0v) is 12.1. The molecule has 1 aromatic carbocycles. The fourth-order valence-corrected chi connectivity index (χ4v) is 3.81. The maximum absolute atomic E-state index is 11.2. The predicted octanol–water partition coefficient (Wildman–Crippen LogP) is 3.27. The monoisotopic (exact) mass is 286 g/mol. The standard InChI is InChI=1S/C16H18N2OS/c17-16(19)10-11-4-1-2-5-13(11)18-14-6-3-7-15-12(14)8-9-20-15/h1-2,4-5,8-9,14,18H,3,6-7,10H2,(H2,17,19). The quantitative estimate of drug-likeness (QED) is 0.906. The van der Waals surface area contributed by atoms with Crippen LogP contribution in [0.4, 0.5) is 5.69 Å². The Morgan fingerprint density at radius 1 is 1.35 bits per heavy atom. The lowest BCUT2D eigenvalue weighted by molar-refractivity contribution is -0.117. The number of rotatable bonds is 4. The maximum Gasteiger partial charge on any atom is 0.221 e. The van der Waals surface area contributed by atoms with Crippen molar-refractivity contribution in [3.8, 4) is 0 Å². The van der Waals surface area contributed by atoms with Gasteiger partial charge in [0.1, 0.15) is 0 Å². The third-order valence-corrected chi connectivity index (χ3v) is 4.76. The first-order valence-electron chi connectivity index (χ1n) is 6.93. The van der Waals surface area contributed by atoms with E-state index in [1.54, 1.807) is 0 Å². The molecule has 1 aromatic heterocycles. The summed E-state index contributed by atoms with van der Waals surface area (Å²) in [5, 5.41) is 5.76. The number of benzene rings is 1. The van der Waals surface area contributed by atoms with Gasteiger partial charge < -0.3 is 11.1 Å². The van der Waals surface area contributed by atoms with Gasteiger partial charge in [-0.05, 0) is 47.9 Å². The Hall–Kier alpha value is -1.81. The maximum atomic E-state index is 11.2. The molecule has 0 fully saturated rings. The number of nitrogens with two attached hydrogens (primary N) is 1. The fourth-order valence-electron chi connectivity index (χ4n) is 2.83. The van der Waals surface area contributed by atoms with Gasteiger partial charge in [-0.1, -0.05) is 18.2 Å². The normalized spacial score (nSPS) is 17.5. The van der Waals surface area contributed by atoms with E-state index in [1.165, 1.54) is 23.3 Å². The summed E-state index contributed by atoms with van der Waals surface area (Å²) in [4.78, 5) is 12.7. The first-order valence-corrected chi connectivity index (χ1v) is 7.81.